The lowest BCUT2D eigenvalue weighted by Crippen LogP contribution is -2.84. The van der Waals surface area contributed by atoms with Gasteiger partial charge in [0.25, 0.3) is 0 Å². The van der Waals surface area contributed by atoms with Crippen molar-refractivity contribution in [1.29, 1.82) is 0 Å². The Morgan fingerprint density at radius 2 is 1.23 bits per heavy atom. The van der Waals surface area contributed by atoms with E-state index < -0.39 is 11.3 Å². The summed E-state index contributed by atoms with van der Waals surface area (Å²) in [5.41, 5.74) is -0.0384. The summed E-state index contributed by atoms with van der Waals surface area (Å²) in [5, 5.41) is 22.0. The fraction of sp³-hybridized carbons (Fsp3) is 0.455. The highest BCUT2D eigenvalue weighted by molar-refractivity contribution is 6.01. The van der Waals surface area contributed by atoms with Gasteiger partial charge < -0.3 is 24.4 Å². The summed E-state index contributed by atoms with van der Waals surface area (Å²) in [6, 6.07) is 2.81. The lowest BCUT2D eigenvalue weighted by atomic mass is 10.1. The Bertz CT molecular complexity index is 996. The standard InChI is InChI=1S/C22H29N3O6/c1-13-11-17(26)19(21(28)30-13)15(3)24-9-5-7-23-8-6-10-25-16(4)20-18(27)12-14(2)31-22(20)29/h11-12,23,26-27H,5-10H2,1-4H3/p+1. The number of aliphatic imine (C=N–C) groups is 2. The van der Waals surface area contributed by atoms with Crippen LogP contribution in [0.1, 0.15) is 49.3 Å². The second-order valence-electron chi connectivity index (χ2n) is 7.32. The van der Waals surface area contributed by atoms with Crippen molar-refractivity contribution in [2.24, 2.45) is 9.98 Å². The van der Waals surface area contributed by atoms with Crippen molar-refractivity contribution < 1.29 is 24.4 Å². The van der Waals surface area contributed by atoms with Crippen molar-refractivity contribution >= 4 is 11.4 Å². The largest absolute Gasteiger partial charge is 0.507 e. The van der Waals surface area contributed by atoms with Crippen molar-refractivity contribution in [1.82, 2.24) is 0 Å². The van der Waals surface area contributed by atoms with Gasteiger partial charge in [-0.2, -0.15) is 0 Å². The maximum atomic E-state index is 11.9. The van der Waals surface area contributed by atoms with Crippen LogP contribution in [0.15, 0.2) is 40.5 Å². The van der Waals surface area contributed by atoms with Crippen LogP contribution in [0.2, 0.25) is 0 Å². The molecule has 0 radical (unpaired) electrons. The van der Waals surface area contributed by atoms with Gasteiger partial charge in [0.1, 0.15) is 34.1 Å². The first-order valence-electron chi connectivity index (χ1n) is 10.2. The van der Waals surface area contributed by atoms with Crippen LogP contribution in [0.4, 0.5) is 0 Å². The van der Waals surface area contributed by atoms with Crippen LogP contribution >= 0.6 is 0 Å². The van der Waals surface area contributed by atoms with Crippen molar-refractivity contribution in [3.63, 3.8) is 0 Å². The summed E-state index contributed by atoms with van der Waals surface area (Å²) < 4.78 is 10.0. The summed E-state index contributed by atoms with van der Waals surface area (Å²) >= 11 is 0. The first-order chi connectivity index (χ1) is 14.7. The minimum absolute atomic E-state index is 0.108. The van der Waals surface area contributed by atoms with E-state index in [1.165, 1.54) is 12.1 Å². The first kappa shape index (κ1) is 24.1. The van der Waals surface area contributed by atoms with Crippen LogP contribution in [-0.4, -0.2) is 47.8 Å². The van der Waals surface area contributed by atoms with Crippen molar-refractivity contribution in [2.75, 3.05) is 26.2 Å². The molecule has 0 atom stereocenters. The summed E-state index contributed by atoms with van der Waals surface area (Å²) in [4.78, 5) is 32.4. The smallest absolute Gasteiger partial charge is 0.348 e. The monoisotopic (exact) mass is 432 g/mol. The quantitative estimate of drug-likeness (QED) is 0.381. The van der Waals surface area contributed by atoms with Crippen molar-refractivity contribution in [3.8, 4) is 11.5 Å². The molecular formula is C22H30N3O6+. The zero-order valence-corrected chi connectivity index (χ0v) is 18.4. The summed E-state index contributed by atoms with van der Waals surface area (Å²) in [6.07, 6.45) is 1.63. The minimum Gasteiger partial charge on any atom is -0.507 e. The Balaban J connectivity index is 1.71. The predicted octanol–water partition coefficient (Wildman–Crippen LogP) is 1.28. The van der Waals surface area contributed by atoms with E-state index in [4.69, 9.17) is 8.83 Å². The second-order valence-corrected chi connectivity index (χ2v) is 7.32. The molecule has 0 aliphatic rings. The highest BCUT2D eigenvalue weighted by Crippen LogP contribution is 2.16. The lowest BCUT2D eigenvalue weighted by molar-refractivity contribution is -0.654. The van der Waals surface area contributed by atoms with E-state index >= 15 is 0 Å². The van der Waals surface area contributed by atoms with E-state index in [1.807, 2.05) is 0 Å². The molecule has 0 bridgehead atoms. The molecule has 0 aliphatic heterocycles. The van der Waals surface area contributed by atoms with Crippen LogP contribution in [0.3, 0.4) is 0 Å². The highest BCUT2D eigenvalue weighted by atomic mass is 16.4. The van der Waals surface area contributed by atoms with Gasteiger partial charge in [-0.15, -0.1) is 0 Å². The number of aromatic hydroxyl groups is 2. The molecule has 168 valence electrons. The normalized spacial score (nSPS) is 12.4. The number of hydrogen-bond donors (Lipinski definition) is 3. The Morgan fingerprint density at radius 3 is 1.58 bits per heavy atom. The maximum Gasteiger partial charge on any atom is 0.348 e. The van der Waals surface area contributed by atoms with E-state index in [-0.39, 0.29) is 22.6 Å². The fourth-order valence-corrected chi connectivity index (χ4v) is 3.13. The molecule has 4 N–H and O–H groups in total. The van der Waals surface area contributed by atoms with Gasteiger partial charge in [0.2, 0.25) is 0 Å². The Morgan fingerprint density at radius 1 is 0.839 bits per heavy atom. The number of aryl methyl sites for hydroxylation is 2. The molecule has 2 heterocycles. The van der Waals surface area contributed by atoms with E-state index in [0.717, 1.165) is 25.9 Å². The van der Waals surface area contributed by atoms with Crippen molar-refractivity contribution in [3.05, 3.63) is 55.6 Å². The molecule has 2 aromatic heterocycles. The summed E-state index contributed by atoms with van der Waals surface area (Å²) in [7, 11) is 0. The summed E-state index contributed by atoms with van der Waals surface area (Å²) in [5.74, 6) is 0.475. The Kier molecular flexibility index (Phi) is 8.75. The predicted molar refractivity (Wildman–Crippen MR) is 118 cm³/mol. The molecule has 0 spiro atoms. The van der Waals surface area contributed by atoms with Crippen LogP contribution in [0, 0.1) is 13.8 Å². The molecule has 0 aliphatic carbocycles. The van der Waals surface area contributed by atoms with Gasteiger partial charge in [0, 0.05) is 38.1 Å². The molecule has 0 aromatic carbocycles. The number of nitrogens with two attached hydrogens (primary N) is 1. The number of nitrogens with zero attached hydrogens (tertiary/aromatic N) is 2. The zero-order valence-electron chi connectivity index (χ0n) is 18.4. The van der Waals surface area contributed by atoms with Crippen LogP contribution in [-0.2, 0) is 0 Å². The average molecular weight is 432 g/mol. The van der Waals surface area contributed by atoms with Crippen LogP contribution in [0.5, 0.6) is 11.5 Å². The van der Waals surface area contributed by atoms with Gasteiger partial charge in [-0.25, -0.2) is 9.59 Å². The number of hydrogen-bond acceptors (Lipinski definition) is 8. The van der Waals surface area contributed by atoms with Gasteiger partial charge >= 0.3 is 11.3 Å². The van der Waals surface area contributed by atoms with Crippen LogP contribution < -0.4 is 16.6 Å². The highest BCUT2D eigenvalue weighted by Gasteiger charge is 2.13. The second kappa shape index (κ2) is 11.3. The van der Waals surface area contributed by atoms with E-state index in [0.29, 0.717) is 36.0 Å². The molecule has 0 unspecified atom stereocenters. The fourth-order valence-electron chi connectivity index (χ4n) is 3.13. The summed E-state index contributed by atoms with van der Waals surface area (Å²) in [6.45, 7) is 9.35. The number of rotatable bonds is 10. The molecule has 2 aromatic rings. The maximum absolute atomic E-state index is 11.9. The van der Waals surface area contributed by atoms with Gasteiger partial charge in [0.15, 0.2) is 0 Å². The molecule has 2 rings (SSSR count). The van der Waals surface area contributed by atoms with Gasteiger partial charge in [0.05, 0.1) is 24.5 Å². The third kappa shape index (κ3) is 6.92. The zero-order chi connectivity index (χ0) is 23.0. The molecular weight excluding hydrogens is 402 g/mol. The number of quaternary nitrogens is 1. The Hall–Kier alpha value is -3.20. The molecule has 0 saturated carbocycles. The topological polar surface area (TPSA) is 142 Å². The van der Waals surface area contributed by atoms with Crippen molar-refractivity contribution in [2.45, 2.75) is 40.5 Å². The molecule has 9 nitrogen and oxygen atoms in total. The molecule has 9 heteroatoms. The molecule has 31 heavy (non-hydrogen) atoms. The SMILES string of the molecule is CC(=NCCC[NH2+]CCCN=C(C)c1c(O)cc(C)oc1=O)c1c(O)cc(C)oc1=O. The van der Waals surface area contributed by atoms with Gasteiger partial charge in [-0.3, -0.25) is 9.98 Å². The van der Waals surface area contributed by atoms with Gasteiger partial charge in [-0.1, -0.05) is 0 Å². The minimum atomic E-state index is -0.585. The lowest BCUT2D eigenvalue weighted by Gasteiger charge is -2.04. The first-order valence-corrected chi connectivity index (χ1v) is 10.2. The molecule has 0 fully saturated rings. The van der Waals surface area contributed by atoms with E-state index in [1.54, 1.807) is 27.7 Å². The van der Waals surface area contributed by atoms with Gasteiger partial charge in [-0.05, 0) is 27.7 Å². The van der Waals surface area contributed by atoms with E-state index in [9.17, 15) is 19.8 Å². The molecule has 0 saturated heterocycles. The van der Waals surface area contributed by atoms with Crippen LogP contribution in [0.25, 0.3) is 0 Å². The van der Waals surface area contributed by atoms with E-state index in [2.05, 4.69) is 15.3 Å². The Labute approximate surface area is 180 Å². The average Bonchev–Trinajstić information content (AvgIpc) is 2.65. The third-order valence-corrected chi connectivity index (χ3v) is 4.66. The molecule has 0 amide bonds. The third-order valence-electron chi connectivity index (χ3n) is 4.66.